The van der Waals surface area contributed by atoms with Gasteiger partial charge in [-0.15, -0.1) is 0 Å². The largest absolute Gasteiger partial charge is 0.444 e. The molecule has 1 unspecified atom stereocenters. The number of hydrogen-bond donors (Lipinski definition) is 0. The number of carbonyl (C=O) groups excluding carboxylic acids is 1. The lowest BCUT2D eigenvalue weighted by Gasteiger charge is -2.24. The number of hydrogen-bond acceptors (Lipinski definition) is 7. The number of non-ortho nitro benzene ring substituents is 1. The van der Waals surface area contributed by atoms with E-state index in [1.54, 1.807) is 25.7 Å². The number of fused-ring (bicyclic) bond motifs is 1. The van der Waals surface area contributed by atoms with Gasteiger partial charge in [0.05, 0.1) is 38.2 Å². The maximum atomic E-state index is 12.8. The smallest absolute Gasteiger partial charge is 0.410 e. The van der Waals surface area contributed by atoms with Crippen LogP contribution in [0.1, 0.15) is 27.2 Å². The molecule has 10 heteroatoms. The van der Waals surface area contributed by atoms with Gasteiger partial charge in [0.25, 0.3) is 5.69 Å². The van der Waals surface area contributed by atoms with Crippen molar-refractivity contribution in [2.24, 2.45) is 0 Å². The molecule has 0 N–H and O–H groups in total. The Kier molecular flexibility index (Phi) is 5.09. The minimum atomic E-state index is -1.45. The molecule has 0 saturated carbocycles. The van der Waals surface area contributed by atoms with Crippen LogP contribution in [0.2, 0.25) is 0 Å². The number of nitro groups is 1. The molecule has 3 rings (SSSR count). The molecule has 1 aliphatic rings. The number of aromatic nitrogens is 2. The molecule has 1 saturated heterocycles. The van der Waals surface area contributed by atoms with E-state index < -0.39 is 27.4 Å². The number of benzene rings is 1. The van der Waals surface area contributed by atoms with Gasteiger partial charge >= 0.3 is 6.09 Å². The van der Waals surface area contributed by atoms with Crippen LogP contribution < -0.4 is 0 Å². The molecule has 2 atom stereocenters. The Morgan fingerprint density at radius 2 is 2.11 bits per heavy atom. The quantitative estimate of drug-likeness (QED) is 0.582. The first-order valence-electron chi connectivity index (χ1n) is 8.44. The molecule has 1 aromatic heterocycles. The highest BCUT2D eigenvalue weighted by atomic mass is 32.2. The van der Waals surface area contributed by atoms with Crippen molar-refractivity contribution < 1.29 is 18.7 Å². The first-order valence-corrected chi connectivity index (χ1v) is 9.65. The second kappa shape index (κ2) is 7.18. The van der Waals surface area contributed by atoms with Crippen LogP contribution in [-0.4, -0.2) is 54.0 Å². The van der Waals surface area contributed by atoms with Gasteiger partial charge in [-0.05, 0) is 33.3 Å². The third-order valence-electron chi connectivity index (χ3n) is 4.02. The van der Waals surface area contributed by atoms with E-state index in [2.05, 4.69) is 9.97 Å². The number of rotatable bonds is 3. The fourth-order valence-electron chi connectivity index (χ4n) is 2.76. The van der Waals surface area contributed by atoms with Crippen molar-refractivity contribution in [1.29, 1.82) is 0 Å². The SMILES string of the molecule is CC(C)(C)OC(=O)N1CC[C@@H](S(=O)c2cnc3cc([N+](=O)[O-])ccc3n2)C1. The maximum Gasteiger partial charge on any atom is 0.410 e. The van der Waals surface area contributed by atoms with Gasteiger partial charge in [0.15, 0.2) is 0 Å². The van der Waals surface area contributed by atoms with Crippen molar-refractivity contribution in [2.75, 3.05) is 13.1 Å². The molecule has 0 bridgehead atoms. The Morgan fingerprint density at radius 1 is 1.37 bits per heavy atom. The Bertz CT molecular complexity index is 927. The molecule has 1 amide bonds. The molecule has 0 spiro atoms. The van der Waals surface area contributed by atoms with Crippen molar-refractivity contribution >= 4 is 33.6 Å². The van der Waals surface area contributed by atoms with E-state index in [0.29, 0.717) is 35.6 Å². The van der Waals surface area contributed by atoms with E-state index in [1.165, 1.54) is 24.4 Å². The molecular weight excluding hydrogens is 372 g/mol. The number of nitro benzene ring substituents is 1. The normalized spacial score (nSPS) is 18.5. The third kappa shape index (κ3) is 4.38. The van der Waals surface area contributed by atoms with Gasteiger partial charge in [-0.2, -0.15) is 0 Å². The summed E-state index contributed by atoms with van der Waals surface area (Å²) in [5.41, 5.74) is 0.149. The van der Waals surface area contributed by atoms with Crippen LogP contribution in [0.3, 0.4) is 0 Å². The highest BCUT2D eigenvalue weighted by molar-refractivity contribution is 7.85. The average molecular weight is 392 g/mol. The highest BCUT2D eigenvalue weighted by Crippen LogP contribution is 2.23. The minimum absolute atomic E-state index is 0.0746. The predicted octanol–water partition coefficient (Wildman–Crippen LogP) is 2.66. The summed E-state index contributed by atoms with van der Waals surface area (Å²) in [5.74, 6) is 0. The summed E-state index contributed by atoms with van der Waals surface area (Å²) in [7, 11) is -1.45. The molecule has 27 heavy (non-hydrogen) atoms. The molecule has 144 valence electrons. The number of nitrogens with zero attached hydrogens (tertiary/aromatic N) is 4. The van der Waals surface area contributed by atoms with E-state index in [4.69, 9.17) is 4.74 Å². The van der Waals surface area contributed by atoms with Crippen molar-refractivity contribution in [2.45, 2.75) is 43.1 Å². The third-order valence-corrected chi connectivity index (χ3v) is 5.62. The average Bonchev–Trinajstić information content (AvgIpc) is 3.09. The predicted molar refractivity (Wildman–Crippen MR) is 98.8 cm³/mol. The molecule has 1 aromatic carbocycles. The lowest BCUT2D eigenvalue weighted by Crippen LogP contribution is -2.36. The van der Waals surface area contributed by atoms with Crippen LogP contribution in [0.15, 0.2) is 29.4 Å². The zero-order valence-electron chi connectivity index (χ0n) is 15.2. The van der Waals surface area contributed by atoms with Gasteiger partial charge in [-0.25, -0.2) is 9.78 Å². The summed E-state index contributed by atoms with van der Waals surface area (Å²) < 4.78 is 18.2. The van der Waals surface area contributed by atoms with Crippen molar-refractivity contribution in [3.05, 3.63) is 34.5 Å². The first-order chi connectivity index (χ1) is 12.6. The molecule has 0 aliphatic carbocycles. The summed E-state index contributed by atoms with van der Waals surface area (Å²) in [6, 6.07) is 4.15. The fourth-order valence-corrected chi connectivity index (χ4v) is 4.08. The van der Waals surface area contributed by atoms with Gasteiger partial charge in [0.2, 0.25) is 0 Å². The van der Waals surface area contributed by atoms with Gasteiger partial charge in [0, 0.05) is 25.2 Å². The molecule has 9 nitrogen and oxygen atoms in total. The number of ether oxygens (including phenoxy) is 1. The second-order valence-corrected chi connectivity index (χ2v) is 8.95. The molecule has 1 fully saturated rings. The minimum Gasteiger partial charge on any atom is -0.444 e. The zero-order valence-corrected chi connectivity index (χ0v) is 16.1. The van der Waals surface area contributed by atoms with Crippen LogP contribution in [0.4, 0.5) is 10.5 Å². The monoisotopic (exact) mass is 392 g/mol. The van der Waals surface area contributed by atoms with Gasteiger partial charge < -0.3 is 9.64 Å². The summed E-state index contributed by atoms with van der Waals surface area (Å²) >= 11 is 0. The van der Waals surface area contributed by atoms with Crippen molar-refractivity contribution in [3.63, 3.8) is 0 Å². The number of likely N-dealkylation sites (tertiary alicyclic amines) is 1. The van der Waals surface area contributed by atoms with Crippen LogP contribution in [-0.2, 0) is 15.5 Å². The summed E-state index contributed by atoms with van der Waals surface area (Å²) in [6.07, 6.45) is 1.53. The second-order valence-electron chi connectivity index (χ2n) is 7.27. The first kappa shape index (κ1) is 19.2. The van der Waals surface area contributed by atoms with Gasteiger partial charge in [0.1, 0.15) is 10.6 Å². The summed E-state index contributed by atoms with van der Waals surface area (Å²) in [5, 5.41) is 10.9. The van der Waals surface area contributed by atoms with Gasteiger partial charge in [-0.1, -0.05) is 0 Å². The van der Waals surface area contributed by atoms with Gasteiger partial charge in [-0.3, -0.25) is 19.3 Å². The van der Waals surface area contributed by atoms with Crippen LogP contribution in [0.5, 0.6) is 0 Å². The molecule has 0 radical (unpaired) electrons. The fraction of sp³-hybridized carbons (Fsp3) is 0.471. The molecule has 2 heterocycles. The van der Waals surface area contributed by atoms with Crippen molar-refractivity contribution in [3.8, 4) is 0 Å². The van der Waals surface area contributed by atoms with E-state index >= 15 is 0 Å². The van der Waals surface area contributed by atoms with Crippen LogP contribution in [0.25, 0.3) is 11.0 Å². The topological polar surface area (TPSA) is 116 Å². The molecular formula is C17H20N4O5S. The van der Waals surface area contributed by atoms with Crippen LogP contribution in [0, 0.1) is 10.1 Å². The Morgan fingerprint density at radius 3 is 2.78 bits per heavy atom. The number of amides is 1. The Hall–Kier alpha value is -2.62. The number of carbonyl (C=O) groups is 1. The standard InChI is InChI=1S/C17H20N4O5S/c1-17(2,3)26-16(22)20-7-6-12(10-20)27(25)15-9-18-14-8-11(21(23)24)4-5-13(14)19-15/h4-5,8-9,12H,6-7,10H2,1-3H3/t12-,27?/m1/s1. The van der Waals surface area contributed by atoms with E-state index in [-0.39, 0.29) is 10.9 Å². The Labute approximate surface area is 158 Å². The van der Waals surface area contributed by atoms with E-state index in [9.17, 15) is 19.1 Å². The lowest BCUT2D eigenvalue weighted by atomic mass is 10.2. The van der Waals surface area contributed by atoms with Crippen LogP contribution >= 0.6 is 0 Å². The van der Waals surface area contributed by atoms with E-state index in [0.717, 1.165) is 0 Å². The zero-order chi connectivity index (χ0) is 19.8. The van der Waals surface area contributed by atoms with E-state index in [1.807, 2.05) is 0 Å². The molecule has 1 aliphatic heterocycles. The Balaban J connectivity index is 1.73. The summed E-state index contributed by atoms with van der Waals surface area (Å²) in [6.45, 7) is 6.18. The highest BCUT2D eigenvalue weighted by Gasteiger charge is 2.33. The summed E-state index contributed by atoms with van der Waals surface area (Å²) in [4.78, 5) is 32.5. The van der Waals surface area contributed by atoms with Crippen molar-refractivity contribution in [1.82, 2.24) is 14.9 Å². The molecule has 2 aromatic rings. The lowest BCUT2D eigenvalue weighted by molar-refractivity contribution is -0.384. The maximum absolute atomic E-state index is 12.8.